The molecule has 0 aromatic carbocycles. The maximum atomic E-state index is 5.72. The van der Waals surface area contributed by atoms with Gasteiger partial charge >= 0.3 is 0 Å². The van der Waals surface area contributed by atoms with Gasteiger partial charge in [0.2, 0.25) is 0 Å². The van der Waals surface area contributed by atoms with Gasteiger partial charge < -0.3 is 5.73 Å². The third-order valence-electron chi connectivity index (χ3n) is 2.36. The molecule has 0 fully saturated rings. The van der Waals surface area contributed by atoms with E-state index in [-0.39, 0.29) is 0 Å². The second-order valence-corrected chi connectivity index (χ2v) is 3.54. The van der Waals surface area contributed by atoms with Gasteiger partial charge in [0.1, 0.15) is 0 Å². The first kappa shape index (κ1) is 9.71. The third-order valence-corrected chi connectivity index (χ3v) is 2.36. The van der Waals surface area contributed by atoms with Crippen molar-refractivity contribution in [3.63, 3.8) is 0 Å². The summed E-state index contributed by atoms with van der Waals surface area (Å²) >= 11 is 0. The smallest absolute Gasteiger partial charge is 0.0822 e. The number of anilines is 1. The quantitative estimate of drug-likeness (QED) is 0.818. The average molecular weight is 202 g/mol. The predicted octanol–water partition coefficient (Wildman–Crippen LogP) is 1.41. The molecule has 0 saturated carbocycles. The number of pyridine rings is 1. The Morgan fingerprint density at radius 1 is 1.33 bits per heavy atom. The maximum Gasteiger partial charge on any atom is 0.0822 e. The number of aromatic nitrogens is 3. The van der Waals surface area contributed by atoms with Crippen LogP contribution < -0.4 is 5.73 Å². The molecule has 0 aliphatic carbocycles. The highest BCUT2D eigenvalue weighted by Crippen LogP contribution is 2.07. The number of nitrogen functional groups attached to an aromatic ring is 1. The van der Waals surface area contributed by atoms with E-state index in [4.69, 9.17) is 5.73 Å². The van der Waals surface area contributed by atoms with Crippen molar-refractivity contribution in [2.45, 2.75) is 19.9 Å². The Balaban J connectivity index is 1.99. The first-order valence-electron chi connectivity index (χ1n) is 4.94. The summed E-state index contributed by atoms with van der Waals surface area (Å²) in [4.78, 5) is 3.98. The van der Waals surface area contributed by atoms with Gasteiger partial charge in [0, 0.05) is 25.1 Å². The summed E-state index contributed by atoms with van der Waals surface area (Å²) < 4.78 is 1.88. The van der Waals surface area contributed by atoms with E-state index in [9.17, 15) is 0 Å². The van der Waals surface area contributed by atoms with Crippen molar-refractivity contribution in [2.75, 3.05) is 5.73 Å². The van der Waals surface area contributed by atoms with E-state index >= 15 is 0 Å². The van der Waals surface area contributed by atoms with Crippen LogP contribution in [0, 0.1) is 6.92 Å². The van der Waals surface area contributed by atoms with E-state index in [1.54, 1.807) is 12.4 Å². The van der Waals surface area contributed by atoms with Crippen LogP contribution in [0.1, 0.15) is 11.3 Å². The Kier molecular flexibility index (Phi) is 2.67. The summed E-state index contributed by atoms with van der Waals surface area (Å²) in [5.41, 5.74) is 8.62. The van der Waals surface area contributed by atoms with Crippen molar-refractivity contribution in [2.24, 2.45) is 0 Å². The lowest BCUT2D eigenvalue weighted by Gasteiger charge is -2.00. The molecule has 0 spiro atoms. The highest BCUT2D eigenvalue weighted by molar-refractivity contribution is 5.39. The van der Waals surface area contributed by atoms with E-state index in [0.717, 1.165) is 24.3 Å². The Morgan fingerprint density at radius 3 is 2.67 bits per heavy atom. The Labute approximate surface area is 88.8 Å². The molecule has 0 radical (unpaired) electrons. The third kappa shape index (κ3) is 2.34. The second-order valence-electron chi connectivity index (χ2n) is 3.54. The molecule has 0 unspecified atom stereocenters. The van der Waals surface area contributed by atoms with E-state index in [2.05, 4.69) is 10.1 Å². The van der Waals surface area contributed by atoms with Crippen molar-refractivity contribution in [1.29, 1.82) is 0 Å². The van der Waals surface area contributed by atoms with Crippen molar-refractivity contribution in [1.82, 2.24) is 14.8 Å². The van der Waals surface area contributed by atoms with Crippen LogP contribution in [0.15, 0.2) is 30.7 Å². The Bertz CT molecular complexity index is 414. The van der Waals surface area contributed by atoms with Gasteiger partial charge in [0.05, 0.1) is 11.4 Å². The highest BCUT2D eigenvalue weighted by Gasteiger charge is 2.00. The average Bonchev–Trinajstić information content (AvgIpc) is 2.57. The molecule has 2 aromatic heterocycles. The van der Waals surface area contributed by atoms with Gasteiger partial charge in [-0.3, -0.25) is 9.67 Å². The first-order valence-corrected chi connectivity index (χ1v) is 4.94. The molecule has 0 atom stereocenters. The van der Waals surface area contributed by atoms with Crippen LogP contribution >= 0.6 is 0 Å². The van der Waals surface area contributed by atoms with Gasteiger partial charge in [-0.15, -0.1) is 0 Å². The summed E-state index contributed by atoms with van der Waals surface area (Å²) in [6.07, 6.45) is 6.43. The number of nitrogens with two attached hydrogens (primary N) is 1. The van der Waals surface area contributed by atoms with Crippen LogP contribution in [0.3, 0.4) is 0 Å². The van der Waals surface area contributed by atoms with Gasteiger partial charge in [-0.2, -0.15) is 5.10 Å². The Morgan fingerprint density at radius 2 is 2.07 bits per heavy atom. The fraction of sp³-hybridized carbons (Fsp3) is 0.273. The zero-order chi connectivity index (χ0) is 10.7. The SMILES string of the molecule is Cc1nn(CCc2ccncc2)cc1N. The summed E-state index contributed by atoms with van der Waals surface area (Å²) in [6, 6.07) is 4.03. The molecule has 0 aliphatic heterocycles. The molecule has 4 nitrogen and oxygen atoms in total. The molecular weight excluding hydrogens is 188 g/mol. The standard InChI is InChI=1S/C11H14N4/c1-9-11(12)8-15(14-9)7-4-10-2-5-13-6-3-10/h2-3,5-6,8H,4,7,12H2,1H3. The zero-order valence-corrected chi connectivity index (χ0v) is 8.72. The monoisotopic (exact) mass is 202 g/mol. The van der Waals surface area contributed by atoms with E-state index < -0.39 is 0 Å². The van der Waals surface area contributed by atoms with Crippen LogP contribution in [0.25, 0.3) is 0 Å². The highest BCUT2D eigenvalue weighted by atomic mass is 15.3. The molecule has 0 saturated heterocycles. The van der Waals surface area contributed by atoms with Gasteiger partial charge in [0.15, 0.2) is 0 Å². The van der Waals surface area contributed by atoms with Crippen molar-refractivity contribution in [3.8, 4) is 0 Å². The van der Waals surface area contributed by atoms with Crippen molar-refractivity contribution >= 4 is 5.69 Å². The molecule has 2 rings (SSSR count). The maximum absolute atomic E-state index is 5.72. The minimum atomic E-state index is 0.754. The van der Waals surface area contributed by atoms with Gasteiger partial charge in [0.25, 0.3) is 0 Å². The molecule has 4 heteroatoms. The number of rotatable bonds is 3. The fourth-order valence-corrected chi connectivity index (χ4v) is 1.44. The number of nitrogens with zero attached hydrogens (tertiary/aromatic N) is 3. The zero-order valence-electron chi connectivity index (χ0n) is 8.72. The summed E-state index contributed by atoms with van der Waals surface area (Å²) in [5.74, 6) is 0. The normalized spacial score (nSPS) is 10.5. The van der Waals surface area contributed by atoms with Crippen molar-refractivity contribution in [3.05, 3.63) is 42.0 Å². The molecule has 78 valence electrons. The molecule has 0 aliphatic rings. The van der Waals surface area contributed by atoms with Gasteiger partial charge in [-0.1, -0.05) is 0 Å². The molecule has 2 N–H and O–H groups in total. The van der Waals surface area contributed by atoms with Crippen molar-refractivity contribution < 1.29 is 0 Å². The lowest BCUT2D eigenvalue weighted by atomic mass is 10.2. The molecule has 2 aromatic rings. The molecule has 15 heavy (non-hydrogen) atoms. The van der Waals surface area contributed by atoms with E-state index in [0.29, 0.717) is 0 Å². The second kappa shape index (κ2) is 4.13. The fourth-order valence-electron chi connectivity index (χ4n) is 1.44. The van der Waals surface area contributed by atoms with Crippen LogP contribution in [-0.2, 0) is 13.0 Å². The van der Waals surface area contributed by atoms with E-state index in [1.165, 1.54) is 5.56 Å². The van der Waals surface area contributed by atoms with Crippen LogP contribution in [0.2, 0.25) is 0 Å². The topological polar surface area (TPSA) is 56.7 Å². The lowest BCUT2D eigenvalue weighted by molar-refractivity contribution is 0.610. The minimum Gasteiger partial charge on any atom is -0.396 e. The lowest BCUT2D eigenvalue weighted by Crippen LogP contribution is -2.02. The summed E-state index contributed by atoms with van der Waals surface area (Å²) in [6.45, 7) is 2.76. The predicted molar refractivity (Wildman–Crippen MR) is 59.3 cm³/mol. The van der Waals surface area contributed by atoms with Gasteiger partial charge in [-0.05, 0) is 31.0 Å². The summed E-state index contributed by atoms with van der Waals surface area (Å²) in [5, 5.41) is 4.30. The number of hydrogen-bond acceptors (Lipinski definition) is 3. The largest absolute Gasteiger partial charge is 0.396 e. The minimum absolute atomic E-state index is 0.754. The Hall–Kier alpha value is -1.84. The molecule has 0 bridgehead atoms. The number of aryl methyl sites for hydroxylation is 3. The van der Waals surface area contributed by atoms with Crippen LogP contribution in [-0.4, -0.2) is 14.8 Å². The molecular formula is C11H14N4. The summed E-state index contributed by atoms with van der Waals surface area (Å²) in [7, 11) is 0. The van der Waals surface area contributed by atoms with Gasteiger partial charge in [-0.25, -0.2) is 0 Å². The van der Waals surface area contributed by atoms with Crippen LogP contribution in [0.5, 0.6) is 0 Å². The van der Waals surface area contributed by atoms with Crippen LogP contribution in [0.4, 0.5) is 5.69 Å². The van der Waals surface area contributed by atoms with E-state index in [1.807, 2.05) is 29.9 Å². The molecule has 0 amide bonds. The molecule has 2 heterocycles. The number of hydrogen-bond donors (Lipinski definition) is 1. The first-order chi connectivity index (χ1) is 7.25.